The number of carbonyl (C=O) groups excluding carboxylic acids is 4. The van der Waals surface area contributed by atoms with Crippen LogP contribution < -0.4 is 21.3 Å². The third kappa shape index (κ3) is 11.1. The van der Waals surface area contributed by atoms with Gasteiger partial charge in [0.1, 0.15) is 30.2 Å². The van der Waals surface area contributed by atoms with Crippen molar-refractivity contribution >= 4 is 35.0 Å². The molecule has 0 bridgehead atoms. The highest BCUT2D eigenvalue weighted by atomic mass is 16.3. The predicted octanol–water partition coefficient (Wildman–Crippen LogP) is 8.71. The molecule has 17 heteroatoms. The molecule has 4 fully saturated rings. The van der Waals surface area contributed by atoms with Gasteiger partial charge in [0, 0.05) is 58.4 Å². The van der Waals surface area contributed by atoms with Crippen LogP contribution in [0.3, 0.4) is 0 Å². The fourth-order valence-electron chi connectivity index (χ4n) is 10.8. The van der Waals surface area contributed by atoms with Crippen molar-refractivity contribution in [3.63, 3.8) is 0 Å². The Hall–Kier alpha value is -6.88. The highest BCUT2D eigenvalue weighted by molar-refractivity contribution is 6.02. The molecule has 4 heterocycles. The molecule has 6 N–H and O–H groups in total. The molecule has 0 unspecified atom stereocenters. The van der Waals surface area contributed by atoms with E-state index in [1.807, 2.05) is 104 Å². The average Bonchev–Trinajstić information content (AvgIpc) is 4.20. The molecule has 10 rings (SSSR count). The summed E-state index contributed by atoms with van der Waals surface area (Å²) in [6.07, 6.45) is 12.2. The van der Waals surface area contributed by atoms with Gasteiger partial charge in [-0.15, -0.1) is 0 Å². The van der Waals surface area contributed by atoms with Crippen molar-refractivity contribution in [3.8, 4) is 22.3 Å². The van der Waals surface area contributed by atoms with Gasteiger partial charge in [0.2, 0.25) is 11.8 Å². The summed E-state index contributed by atoms with van der Waals surface area (Å²) in [7, 11) is 0. The summed E-state index contributed by atoms with van der Waals surface area (Å²) in [6, 6.07) is 17.8. The number of hydrogen-bond acceptors (Lipinski definition) is 9. The lowest BCUT2D eigenvalue weighted by Crippen LogP contribution is -2.50. The molecular weight excluding hydrogens is 909 g/mol. The highest BCUT2D eigenvalue weighted by Gasteiger charge is 2.50. The number of aliphatic hydroxyl groups excluding tert-OH is 1. The van der Waals surface area contributed by atoms with Crippen LogP contribution in [0.5, 0.6) is 0 Å². The minimum absolute atomic E-state index is 0.0426. The summed E-state index contributed by atoms with van der Waals surface area (Å²) in [5.41, 5.74) is 10.1. The molecule has 4 aromatic heterocycles. The second-order valence-electron chi connectivity index (χ2n) is 21.0. The van der Waals surface area contributed by atoms with E-state index in [-0.39, 0.29) is 54.3 Å². The number of aryl methyl sites for hydroxylation is 3. The molecule has 6 aromatic rings. The molecule has 0 saturated heterocycles. The quantitative estimate of drug-likeness (QED) is 0.0457. The lowest BCUT2D eigenvalue weighted by Gasteiger charge is -2.28. The zero-order chi connectivity index (χ0) is 51.0. The Morgan fingerprint density at radius 3 is 1.33 bits per heavy atom. The van der Waals surface area contributed by atoms with Crippen molar-refractivity contribution < 1.29 is 24.3 Å². The molecule has 4 amide bonds. The highest BCUT2D eigenvalue weighted by Crippen LogP contribution is 2.52. The third-order valence-electron chi connectivity index (χ3n) is 14.9. The van der Waals surface area contributed by atoms with Crippen LogP contribution in [-0.4, -0.2) is 80.4 Å². The summed E-state index contributed by atoms with van der Waals surface area (Å²) in [4.78, 5) is 53.8. The first-order valence-electron chi connectivity index (χ1n) is 25.8. The maximum atomic E-state index is 13.7. The zero-order valence-electron chi connectivity index (χ0n) is 42.8. The van der Waals surface area contributed by atoms with E-state index >= 15 is 0 Å². The van der Waals surface area contributed by atoms with Crippen LogP contribution in [-0.2, 0) is 16.3 Å². The molecule has 0 aliphatic heterocycles. The molecular formula is C55H70N12O5. The number of nitrogens with zero attached hydrogens (tertiary/aromatic N) is 7. The second kappa shape index (κ2) is 21.1. The lowest BCUT2D eigenvalue weighted by molar-refractivity contribution is -0.120. The van der Waals surface area contributed by atoms with Gasteiger partial charge in [0.15, 0.2) is 0 Å². The number of anilines is 2. The van der Waals surface area contributed by atoms with Gasteiger partial charge in [-0.25, -0.2) is 4.68 Å². The predicted molar refractivity (Wildman–Crippen MR) is 276 cm³/mol. The summed E-state index contributed by atoms with van der Waals surface area (Å²) in [5.74, 6) is 1.44. The molecule has 17 nitrogen and oxygen atoms in total. The van der Waals surface area contributed by atoms with Gasteiger partial charge in [-0.05, 0) is 190 Å². The number of amides is 4. The number of aromatic nitrogens is 8. The number of rotatable bonds is 19. The van der Waals surface area contributed by atoms with E-state index in [0.29, 0.717) is 40.7 Å². The van der Waals surface area contributed by atoms with Crippen LogP contribution in [0, 0.1) is 63.2 Å². The SMILES string of the molecule is Cc1n[nH]c(C)c1-c1ccc(NC(=O)[C@@H](NC(=O)c2ccnn2C(C)C)C(C2CC2)C2CC2)cc1.Cc1nn(CO)c(C)c1-c1ccc(NC(=O)[C@@H](NC(=O)c2ccnn2C(C)C)C(C2CC2)C2CC2)cc1. The smallest absolute Gasteiger partial charge is 0.270 e. The Bertz CT molecular complexity index is 2850. The third-order valence-corrected chi connectivity index (χ3v) is 14.9. The molecule has 72 heavy (non-hydrogen) atoms. The maximum Gasteiger partial charge on any atom is 0.270 e. The number of carbonyl (C=O) groups is 4. The summed E-state index contributed by atoms with van der Waals surface area (Å²) < 4.78 is 4.95. The number of benzene rings is 2. The maximum absolute atomic E-state index is 13.7. The van der Waals surface area contributed by atoms with E-state index in [2.05, 4.69) is 46.8 Å². The van der Waals surface area contributed by atoms with Crippen LogP contribution in [0.25, 0.3) is 22.3 Å². The number of aliphatic hydroxyl groups is 1. The van der Waals surface area contributed by atoms with Crippen molar-refractivity contribution in [2.75, 3.05) is 10.6 Å². The van der Waals surface area contributed by atoms with E-state index in [4.69, 9.17) is 0 Å². The summed E-state index contributed by atoms with van der Waals surface area (Å²) >= 11 is 0. The van der Waals surface area contributed by atoms with Crippen molar-refractivity contribution in [2.45, 2.75) is 138 Å². The van der Waals surface area contributed by atoms with Gasteiger partial charge in [-0.3, -0.25) is 33.6 Å². The first-order valence-corrected chi connectivity index (χ1v) is 25.8. The molecule has 4 saturated carbocycles. The Balaban J connectivity index is 0.000000178. The van der Waals surface area contributed by atoms with Crippen molar-refractivity contribution in [1.82, 2.24) is 50.2 Å². The zero-order valence-corrected chi connectivity index (χ0v) is 42.8. The number of aromatic amines is 1. The lowest BCUT2D eigenvalue weighted by atomic mass is 9.88. The Labute approximate surface area is 421 Å². The molecule has 0 radical (unpaired) electrons. The molecule has 2 aromatic carbocycles. The first-order chi connectivity index (χ1) is 34.6. The van der Waals surface area contributed by atoms with Crippen LogP contribution in [0.2, 0.25) is 0 Å². The van der Waals surface area contributed by atoms with Gasteiger partial charge in [-0.2, -0.15) is 20.4 Å². The van der Waals surface area contributed by atoms with Gasteiger partial charge >= 0.3 is 0 Å². The topological polar surface area (TPSA) is 219 Å². The minimum Gasteiger partial charge on any atom is -0.374 e. The van der Waals surface area contributed by atoms with E-state index in [1.165, 1.54) is 0 Å². The Kier molecular flexibility index (Phi) is 14.7. The minimum atomic E-state index is -0.602. The monoisotopic (exact) mass is 979 g/mol. The largest absolute Gasteiger partial charge is 0.374 e. The van der Waals surface area contributed by atoms with Gasteiger partial charge in [0.25, 0.3) is 11.8 Å². The van der Waals surface area contributed by atoms with E-state index in [1.54, 1.807) is 38.6 Å². The average molecular weight is 979 g/mol. The van der Waals surface area contributed by atoms with Crippen LogP contribution in [0.1, 0.15) is 135 Å². The normalized spacial score (nSPS) is 16.4. The number of hydrogen-bond donors (Lipinski definition) is 6. The van der Waals surface area contributed by atoms with E-state index in [9.17, 15) is 24.3 Å². The molecule has 0 spiro atoms. The summed E-state index contributed by atoms with van der Waals surface area (Å²) in [5, 5.41) is 42.1. The second-order valence-corrected chi connectivity index (χ2v) is 21.0. The molecule has 4 aliphatic carbocycles. The number of H-pyrrole nitrogens is 1. The van der Waals surface area contributed by atoms with Crippen LogP contribution in [0.15, 0.2) is 73.1 Å². The van der Waals surface area contributed by atoms with Crippen molar-refractivity contribution in [2.24, 2.45) is 35.5 Å². The standard InChI is InChI=1S/C28H36N6O3.C27H34N6O2/c1-16(2)34-23(13-14-29-34)27(36)31-26(25(20-5-6-20)21-7-8-21)28(37)30-22-11-9-19(10-12-22)24-17(3)32-33(15-35)18(24)4;1-15(2)33-22(13-14-28-33)26(34)30-25(24(19-5-6-19)20-7-8-20)27(35)29-21-11-9-18(10-12-21)23-16(3)31-32-17(23)4/h9-14,16,20-21,25-26,35H,5-8,15H2,1-4H3,(H,30,37)(H,31,36);9-15,19-20,24-25H,5-8H2,1-4H3,(H,29,35)(H,30,34)(H,31,32)/t26-;25-/m00/s1. The fraction of sp³-hybridized carbons (Fsp3) is 0.491. The van der Waals surface area contributed by atoms with Crippen LogP contribution in [0.4, 0.5) is 11.4 Å². The Morgan fingerprint density at radius 1 is 0.597 bits per heavy atom. The fourth-order valence-corrected chi connectivity index (χ4v) is 10.8. The van der Waals surface area contributed by atoms with E-state index < -0.39 is 12.1 Å². The number of nitrogens with one attached hydrogen (secondary N) is 5. The Morgan fingerprint density at radius 2 is 1.00 bits per heavy atom. The molecule has 380 valence electrons. The summed E-state index contributed by atoms with van der Waals surface area (Å²) in [6.45, 7) is 15.6. The molecule has 4 aliphatic rings. The van der Waals surface area contributed by atoms with Gasteiger partial charge in [-0.1, -0.05) is 24.3 Å². The first kappa shape index (κ1) is 50.1. The van der Waals surface area contributed by atoms with E-state index in [0.717, 1.165) is 102 Å². The molecule has 2 atom stereocenters. The van der Waals surface area contributed by atoms with Gasteiger partial charge < -0.3 is 26.4 Å². The van der Waals surface area contributed by atoms with Crippen molar-refractivity contribution in [3.05, 3.63) is 107 Å². The van der Waals surface area contributed by atoms with Gasteiger partial charge in [0.05, 0.1) is 11.4 Å². The van der Waals surface area contributed by atoms with Crippen molar-refractivity contribution in [1.29, 1.82) is 0 Å². The van der Waals surface area contributed by atoms with Crippen LogP contribution >= 0.6 is 0 Å².